The van der Waals surface area contributed by atoms with E-state index in [4.69, 9.17) is 16.3 Å². The number of carbonyl (C=O) groups is 2. The van der Waals surface area contributed by atoms with Gasteiger partial charge < -0.3 is 10.1 Å². The van der Waals surface area contributed by atoms with E-state index in [0.717, 1.165) is 12.1 Å². The lowest BCUT2D eigenvalue weighted by atomic mass is 10.1. The summed E-state index contributed by atoms with van der Waals surface area (Å²) < 4.78 is 42.9. The van der Waals surface area contributed by atoms with Crippen molar-refractivity contribution in [3.8, 4) is 0 Å². The summed E-state index contributed by atoms with van der Waals surface area (Å²) in [7, 11) is 0. The maximum Gasteiger partial charge on any atom is 0.416 e. The predicted octanol–water partition coefficient (Wildman–Crippen LogP) is 4.54. The Morgan fingerprint density at radius 3 is 2.36 bits per heavy atom. The third-order valence-electron chi connectivity index (χ3n) is 3.19. The van der Waals surface area contributed by atoms with Crippen LogP contribution in [0.1, 0.15) is 22.8 Å². The smallest absolute Gasteiger partial charge is 0.416 e. The molecule has 0 aromatic heterocycles. The molecule has 1 atom stereocenters. The highest BCUT2D eigenvalue weighted by molar-refractivity contribution is 6.30. The Labute approximate surface area is 146 Å². The average Bonchev–Trinajstić information content (AvgIpc) is 2.56. The molecule has 0 spiro atoms. The molecule has 0 fully saturated rings. The van der Waals surface area contributed by atoms with E-state index in [-0.39, 0.29) is 5.56 Å². The zero-order chi connectivity index (χ0) is 18.6. The first-order valence-electron chi connectivity index (χ1n) is 7.11. The Hall–Kier alpha value is -2.54. The van der Waals surface area contributed by atoms with Crippen molar-refractivity contribution in [2.75, 3.05) is 5.32 Å². The fourth-order valence-corrected chi connectivity index (χ4v) is 2.01. The van der Waals surface area contributed by atoms with Gasteiger partial charge in [0.2, 0.25) is 0 Å². The third kappa shape index (κ3) is 5.22. The van der Waals surface area contributed by atoms with E-state index < -0.39 is 29.7 Å². The van der Waals surface area contributed by atoms with Crippen molar-refractivity contribution in [1.82, 2.24) is 0 Å². The van der Waals surface area contributed by atoms with E-state index in [1.165, 1.54) is 13.0 Å². The molecule has 1 amide bonds. The Morgan fingerprint density at radius 2 is 1.76 bits per heavy atom. The largest absolute Gasteiger partial charge is 0.449 e. The van der Waals surface area contributed by atoms with Crippen LogP contribution < -0.4 is 5.32 Å². The highest BCUT2D eigenvalue weighted by atomic mass is 35.5. The first-order chi connectivity index (χ1) is 11.7. The summed E-state index contributed by atoms with van der Waals surface area (Å²) >= 11 is 5.73. The first-order valence-corrected chi connectivity index (χ1v) is 7.49. The molecule has 0 saturated heterocycles. The van der Waals surface area contributed by atoms with Crippen LogP contribution in [0.2, 0.25) is 5.02 Å². The van der Waals surface area contributed by atoms with Gasteiger partial charge in [-0.05, 0) is 49.4 Å². The maximum absolute atomic E-state index is 12.7. The molecule has 0 aliphatic rings. The normalized spacial score (nSPS) is 12.4. The molecule has 0 aliphatic carbocycles. The second-order valence-corrected chi connectivity index (χ2v) is 5.56. The zero-order valence-corrected chi connectivity index (χ0v) is 13.7. The Morgan fingerprint density at radius 1 is 1.12 bits per heavy atom. The molecule has 2 aromatic carbocycles. The van der Waals surface area contributed by atoms with Gasteiger partial charge in [-0.1, -0.05) is 17.7 Å². The van der Waals surface area contributed by atoms with Crippen LogP contribution in [0.5, 0.6) is 0 Å². The molecule has 4 nitrogen and oxygen atoms in total. The summed E-state index contributed by atoms with van der Waals surface area (Å²) in [6.45, 7) is 1.32. The van der Waals surface area contributed by atoms with Crippen molar-refractivity contribution in [2.24, 2.45) is 0 Å². The van der Waals surface area contributed by atoms with Gasteiger partial charge in [-0.15, -0.1) is 0 Å². The van der Waals surface area contributed by atoms with Gasteiger partial charge in [-0.25, -0.2) is 4.79 Å². The lowest BCUT2D eigenvalue weighted by Gasteiger charge is -2.14. The number of ether oxygens (including phenoxy) is 1. The van der Waals surface area contributed by atoms with Gasteiger partial charge in [-0.2, -0.15) is 13.2 Å². The molecule has 2 rings (SSSR count). The molecule has 25 heavy (non-hydrogen) atoms. The topological polar surface area (TPSA) is 55.4 Å². The summed E-state index contributed by atoms with van der Waals surface area (Å²) in [5, 5.41) is 2.99. The maximum atomic E-state index is 12.7. The Bertz CT molecular complexity index is 775. The Balaban J connectivity index is 2.02. The number of carbonyl (C=O) groups excluding carboxylic acids is 2. The minimum Gasteiger partial charge on any atom is -0.449 e. The van der Waals surface area contributed by atoms with E-state index in [1.54, 1.807) is 24.3 Å². The van der Waals surface area contributed by atoms with E-state index in [1.807, 2.05) is 0 Å². The van der Waals surface area contributed by atoms with Crippen molar-refractivity contribution < 1.29 is 27.5 Å². The number of anilines is 1. The molecular weight excluding hydrogens is 359 g/mol. The van der Waals surface area contributed by atoms with Crippen LogP contribution in [-0.4, -0.2) is 18.0 Å². The first kappa shape index (κ1) is 18.8. The molecule has 2 aromatic rings. The molecular formula is C17H13ClF3NO3. The van der Waals surface area contributed by atoms with Crippen molar-refractivity contribution >= 4 is 29.2 Å². The number of esters is 1. The average molecular weight is 372 g/mol. The zero-order valence-electron chi connectivity index (χ0n) is 12.9. The van der Waals surface area contributed by atoms with Gasteiger partial charge in [0, 0.05) is 10.7 Å². The Kier molecular flexibility index (Phi) is 5.69. The summed E-state index contributed by atoms with van der Waals surface area (Å²) in [6, 6.07) is 10.0. The number of hydrogen-bond acceptors (Lipinski definition) is 3. The monoisotopic (exact) mass is 371 g/mol. The fraction of sp³-hybridized carbons (Fsp3) is 0.176. The van der Waals surface area contributed by atoms with Gasteiger partial charge in [-0.3, -0.25) is 4.79 Å². The molecule has 1 N–H and O–H groups in total. The van der Waals surface area contributed by atoms with E-state index in [0.29, 0.717) is 16.8 Å². The molecule has 0 aliphatic heterocycles. The summed E-state index contributed by atoms with van der Waals surface area (Å²) in [6.07, 6.45) is -5.77. The number of hydrogen-bond donors (Lipinski definition) is 1. The van der Waals surface area contributed by atoms with Gasteiger partial charge in [0.05, 0.1) is 11.1 Å². The highest BCUT2D eigenvalue weighted by Crippen LogP contribution is 2.29. The van der Waals surface area contributed by atoms with Crippen LogP contribution in [0, 0.1) is 0 Å². The van der Waals surface area contributed by atoms with Crippen LogP contribution in [-0.2, 0) is 15.7 Å². The number of halogens is 4. The van der Waals surface area contributed by atoms with Gasteiger partial charge in [0.25, 0.3) is 5.91 Å². The fourth-order valence-electron chi connectivity index (χ4n) is 1.88. The minimum atomic E-state index is -4.58. The number of rotatable bonds is 4. The summed E-state index contributed by atoms with van der Waals surface area (Å²) in [5.41, 5.74) is -0.822. The molecule has 132 valence electrons. The molecule has 0 heterocycles. The molecule has 0 bridgehead atoms. The van der Waals surface area contributed by atoms with Crippen LogP contribution >= 0.6 is 11.6 Å². The standard InChI is InChI=1S/C17H13ClF3NO3/c1-10(15(23)22-14-7-5-13(18)6-8-14)25-16(24)11-3-2-4-12(9-11)17(19,20)21/h2-10H,1H3,(H,22,23)/t10-/m1/s1. The summed E-state index contributed by atoms with van der Waals surface area (Å²) in [4.78, 5) is 23.9. The molecule has 8 heteroatoms. The predicted molar refractivity (Wildman–Crippen MR) is 86.4 cm³/mol. The number of amides is 1. The molecule has 0 radical (unpaired) electrons. The van der Waals surface area contributed by atoms with Crippen molar-refractivity contribution in [3.05, 3.63) is 64.7 Å². The van der Waals surface area contributed by atoms with Crippen molar-refractivity contribution in [1.29, 1.82) is 0 Å². The SMILES string of the molecule is C[C@@H](OC(=O)c1cccc(C(F)(F)F)c1)C(=O)Nc1ccc(Cl)cc1. The third-order valence-corrected chi connectivity index (χ3v) is 3.44. The van der Waals surface area contributed by atoms with Crippen LogP contribution in [0.4, 0.5) is 18.9 Å². The van der Waals surface area contributed by atoms with Gasteiger partial charge in [0.1, 0.15) is 0 Å². The van der Waals surface area contributed by atoms with E-state index >= 15 is 0 Å². The number of alkyl halides is 3. The minimum absolute atomic E-state index is 0.291. The highest BCUT2D eigenvalue weighted by Gasteiger charge is 2.31. The van der Waals surface area contributed by atoms with Gasteiger partial charge in [0.15, 0.2) is 6.10 Å². The van der Waals surface area contributed by atoms with Gasteiger partial charge >= 0.3 is 12.1 Å². The summed E-state index contributed by atoms with van der Waals surface area (Å²) in [5.74, 6) is -1.65. The van der Waals surface area contributed by atoms with E-state index in [2.05, 4.69) is 5.32 Å². The molecule has 0 unspecified atom stereocenters. The second kappa shape index (κ2) is 7.57. The molecule has 0 saturated carbocycles. The van der Waals surface area contributed by atoms with Crippen LogP contribution in [0.15, 0.2) is 48.5 Å². The lowest BCUT2D eigenvalue weighted by Crippen LogP contribution is -2.30. The number of nitrogens with one attached hydrogen (secondary N) is 1. The quantitative estimate of drug-likeness (QED) is 0.803. The van der Waals surface area contributed by atoms with Crippen LogP contribution in [0.3, 0.4) is 0 Å². The number of benzene rings is 2. The lowest BCUT2D eigenvalue weighted by molar-refractivity contribution is -0.137. The van der Waals surface area contributed by atoms with E-state index in [9.17, 15) is 22.8 Å². The van der Waals surface area contributed by atoms with Crippen molar-refractivity contribution in [3.63, 3.8) is 0 Å². The van der Waals surface area contributed by atoms with Crippen LogP contribution in [0.25, 0.3) is 0 Å². The second-order valence-electron chi connectivity index (χ2n) is 5.12. The van der Waals surface area contributed by atoms with Crippen molar-refractivity contribution in [2.45, 2.75) is 19.2 Å².